The average Bonchev–Trinajstić information content (AvgIpc) is 3.18. The molecule has 0 N–H and O–H groups in total. The van der Waals surface area contributed by atoms with Crippen molar-refractivity contribution < 1.29 is 4.79 Å². The smallest absolute Gasteiger partial charge is 0.276 e. The highest BCUT2D eigenvalue weighted by atomic mass is 35.5. The van der Waals surface area contributed by atoms with Gasteiger partial charge < -0.3 is 9.80 Å². The van der Waals surface area contributed by atoms with Gasteiger partial charge >= 0.3 is 0 Å². The number of nitrogens with zero attached hydrogens (tertiary/aromatic N) is 5. The highest BCUT2D eigenvalue weighted by Gasteiger charge is 2.29. The van der Waals surface area contributed by atoms with E-state index in [1.54, 1.807) is 10.9 Å². The Balaban J connectivity index is 1.65. The molecule has 0 radical (unpaired) electrons. The molecule has 1 aliphatic heterocycles. The molecule has 1 aliphatic rings. The van der Waals surface area contributed by atoms with Crippen molar-refractivity contribution in [2.75, 3.05) is 27.2 Å². The van der Waals surface area contributed by atoms with Gasteiger partial charge in [-0.2, -0.15) is 0 Å². The van der Waals surface area contributed by atoms with Gasteiger partial charge in [0.2, 0.25) is 0 Å². The first-order valence-corrected chi connectivity index (χ1v) is 8.01. The maximum atomic E-state index is 12.5. The molecule has 23 heavy (non-hydrogen) atoms. The van der Waals surface area contributed by atoms with E-state index in [1.165, 1.54) is 0 Å². The zero-order valence-corrected chi connectivity index (χ0v) is 14.1. The number of halogens is 1. The number of carbonyl (C=O) groups excluding carboxylic acids is 1. The van der Waals surface area contributed by atoms with Crippen LogP contribution in [0.2, 0.25) is 5.02 Å². The summed E-state index contributed by atoms with van der Waals surface area (Å²) in [6.45, 7) is 2.08. The normalized spacial score (nSPS) is 17.9. The van der Waals surface area contributed by atoms with Crippen LogP contribution in [0.4, 0.5) is 0 Å². The van der Waals surface area contributed by atoms with Crippen molar-refractivity contribution in [3.8, 4) is 0 Å². The zero-order valence-electron chi connectivity index (χ0n) is 13.3. The summed E-state index contributed by atoms with van der Waals surface area (Å²) < 4.78 is 1.68. The van der Waals surface area contributed by atoms with Crippen LogP contribution in [0.1, 0.15) is 22.5 Å². The molecule has 0 bridgehead atoms. The number of benzene rings is 1. The Bertz CT molecular complexity index is 682. The topological polar surface area (TPSA) is 54.3 Å². The van der Waals surface area contributed by atoms with Crippen molar-refractivity contribution in [3.05, 3.63) is 46.7 Å². The van der Waals surface area contributed by atoms with Gasteiger partial charge in [0.1, 0.15) is 0 Å². The largest absolute Gasteiger partial charge is 0.336 e. The molecule has 7 heteroatoms. The van der Waals surface area contributed by atoms with E-state index in [2.05, 4.69) is 15.2 Å². The number of likely N-dealkylation sites (N-methyl/N-ethyl adjacent to an activating group) is 1. The molecular formula is C16H20ClN5O. The molecule has 1 aromatic carbocycles. The fourth-order valence-electron chi connectivity index (χ4n) is 2.76. The molecule has 1 atom stereocenters. The van der Waals surface area contributed by atoms with E-state index in [0.717, 1.165) is 25.1 Å². The summed E-state index contributed by atoms with van der Waals surface area (Å²) in [5.74, 6) is -0.0447. The van der Waals surface area contributed by atoms with Gasteiger partial charge in [-0.25, -0.2) is 4.68 Å². The summed E-state index contributed by atoms with van der Waals surface area (Å²) >= 11 is 5.88. The van der Waals surface area contributed by atoms with E-state index in [9.17, 15) is 4.79 Å². The number of likely N-dealkylation sites (tertiary alicyclic amines) is 1. The molecule has 0 aliphatic carbocycles. The number of rotatable bonds is 4. The third-order valence-corrected chi connectivity index (χ3v) is 4.45. The molecule has 6 nitrogen and oxygen atoms in total. The number of amides is 1. The molecule has 2 aromatic rings. The maximum Gasteiger partial charge on any atom is 0.276 e. The lowest BCUT2D eigenvalue weighted by Crippen LogP contribution is -2.34. The Morgan fingerprint density at radius 3 is 2.74 bits per heavy atom. The van der Waals surface area contributed by atoms with Crippen LogP contribution in [-0.4, -0.2) is 63.9 Å². The maximum absolute atomic E-state index is 12.5. The lowest BCUT2D eigenvalue weighted by molar-refractivity contribution is 0.0777. The van der Waals surface area contributed by atoms with Crippen LogP contribution < -0.4 is 0 Å². The van der Waals surface area contributed by atoms with Gasteiger partial charge in [0.25, 0.3) is 5.91 Å². The van der Waals surface area contributed by atoms with Crippen LogP contribution in [-0.2, 0) is 6.54 Å². The molecule has 0 saturated carbocycles. The monoisotopic (exact) mass is 333 g/mol. The van der Waals surface area contributed by atoms with Gasteiger partial charge in [-0.3, -0.25) is 4.79 Å². The average molecular weight is 334 g/mol. The van der Waals surface area contributed by atoms with E-state index >= 15 is 0 Å². The third-order valence-electron chi connectivity index (χ3n) is 4.20. The first-order chi connectivity index (χ1) is 11.0. The summed E-state index contributed by atoms with van der Waals surface area (Å²) in [5, 5.41) is 8.78. The molecule has 1 aromatic heterocycles. The van der Waals surface area contributed by atoms with Crippen LogP contribution in [0.3, 0.4) is 0 Å². The van der Waals surface area contributed by atoms with Crippen molar-refractivity contribution in [1.29, 1.82) is 0 Å². The molecule has 0 spiro atoms. The molecule has 122 valence electrons. The molecule has 3 rings (SSSR count). The highest BCUT2D eigenvalue weighted by Crippen LogP contribution is 2.16. The van der Waals surface area contributed by atoms with Crippen molar-refractivity contribution in [3.63, 3.8) is 0 Å². The van der Waals surface area contributed by atoms with Crippen molar-refractivity contribution >= 4 is 17.5 Å². The summed E-state index contributed by atoms with van der Waals surface area (Å²) in [7, 11) is 4.09. The summed E-state index contributed by atoms with van der Waals surface area (Å²) in [5.41, 5.74) is 1.46. The van der Waals surface area contributed by atoms with Gasteiger partial charge in [0, 0.05) is 24.2 Å². The van der Waals surface area contributed by atoms with Gasteiger partial charge in [-0.15, -0.1) is 5.10 Å². The van der Waals surface area contributed by atoms with Crippen molar-refractivity contribution in [2.45, 2.75) is 19.0 Å². The van der Waals surface area contributed by atoms with Crippen molar-refractivity contribution in [1.82, 2.24) is 24.8 Å². The molecule has 1 amide bonds. The second-order valence-corrected chi connectivity index (χ2v) is 6.52. The highest BCUT2D eigenvalue weighted by molar-refractivity contribution is 6.30. The number of aromatic nitrogens is 3. The second-order valence-electron chi connectivity index (χ2n) is 6.09. The minimum atomic E-state index is -0.0447. The molecule has 2 heterocycles. The predicted octanol–water partition coefficient (Wildman–Crippen LogP) is 1.76. The second kappa shape index (κ2) is 6.68. The van der Waals surface area contributed by atoms with E-state index in [4.69, 9.17) is 11.6 Å². The Morgan fingerprint density at radius 1 is 1.35 bits per heavy atom. The predicted molar refractivity (Wildman–Crippen MR) is 88.6 cm³/mol. The minimum absolute atomic E-state index is 0.0447. The molecule has 1 saturated heterocycles. The van der Waals surface area contributed by atoms with E-state index < -0.39 is 0 Å². The first-order valence-electron chi connectivity index (χ1n) is 7.63. The third kappa shape index (κ3) is 3.71. The standard InChI is InChI=1S/C16H20ClN5O/c1-20(2)14-7-8-21(10-14)16(23)15-11-22(19-18-15)9-12-3-5-13(17)6-4-12/h3-6,11,14H,7-10H2,1-2H3/t14-/m0/s1. The van der Waals surface area contributed by atoms with Gasteiger partial charge in [0.05, 0.1) is 12.7 Å². The molecule has 1 fully saturated rings. The summed E-state index contributed by atoms with van der Waals surface area (Å²) in [6, 6.07) is 7.97. The number of hydrogen-bond acceptors (Lipinski definition) is 4. The van der Waals surface area contributed by atoms with Crippen LogP contribution in [0.25, 0.3) is 0 Å². The van der Waals surface area contributed by atoms with Crippen LogP contribution in [0.15, 0.2) is 30.5 Å². The van der Waals surface area contributed by atoms with Gasteiger partial charge in [-0.05, 0) is 38.2 Å². The van der Waals surface area contributed by atoms with E-state index in [0.29, 0.717) is 23.3 Å². The lowest BCUT2D eigenvalue weighted by atomic mass is 10.2. The Hall–Kier alpha value is -1.92. The zero-order chi connectivity index (χ0) is 16.4. The Kier molecular flexibility index (Phi) is 4.63. The quantitative estimate of drug-likeness (QED) is 0.855. The summed E-state index contributed by atoms with van der Waals surface area (Å²) in [4.78, 5) is 16.5. The van der Waals surface area contributed by atoms with Crippen LogP contribution >= 0.6 is 11.6 Å². The van der Waals surface area contributed by atoms with E-state index in [1.807, 2.05) is 43.3 Å². The Morgan fingerprint density at radius 2 is 2.09 bits per heavy atom. The van der Waals surface area contributed by atoms with Crippen LogP contribution in [0, 0.1) is 0 Å². The first kappa shape index (κ1) is 16.0. The number of carbonyl (C=O) groups is 1. The fraction of sp³-hybridized carbons (Fsp3) is 0.438. The molecule has 0 unspecified atom stereocenters. The van der Waals surface area contributed by atoms with Crippen molar-refractivity contribution in [2.24, 2.45) is 0 Å². The minimum Gasteiger partial charge on any atom is -0.336 e. The fourth-order valence-corrected chi connectivity index (χ4v) is 2.89. The Labute approximate surface area is 140 Å². The van der Waals surface area contributed by atoms with E-state index in [-0.39, 0.29) is 5.91 Å². The SMILES string of the molecule is CN(C)[C@H]1CCN(C(=O)c2cn(Cc3ccc(Cl)cc3)nn2)C1. The van der Waals surface area contributed by atoms with Gasteiger partial charge in [-0.1, -0.05) is 28.9 Å². The van der Waals surface area contributed by atoms with Gasteiger partial charge in [0.15, 0.2) is 5.69 Å². The summed E-state index contributed by atoms with van der Waals surface area (Å²) in [6.07, 6.45) is 2.71. The number of hydrogen-bond donors (Lipinski definition) is 0. The lowest BCUT2D eigenvalue weighted by Gasteiger charge is -2.19. The van der Waals surface area contributed by atoms with Crippen LogP contribution in [0.5, 0.6) is 0 Å². The molecular weight excluding hydrogens is 314 g/mol.